The van der Waals surface area contributed by atoms with E-state index < -0.39 is 6.10 Å². The van der Waals surface area contributed by atoms with Gasteiger partial charge in [-0.05, 0) is 57.1 Å². The molecule has 1 aliphatic heterocycles. The number of aliphatic hydroxyl groups is 1. The number of aliphatic hydroxyl groups excluding tert-OH is 1. The summed E-state index contributed by atoms with van der Waals surface area (Å²) in [5.41, 5.74) is 3.64. The molecule has 0 saturated carbocycles. The Labute approximate surface area is 190 Å². The van der Waals surface area contributed by atoms with Gasteiger partial charge in [0, 0.05) is 13.1 Å². The number of hydrogen-bond acceptors (Lipinski definition) is 4. The number of aromatic nitrogens is 2. The molecule has 4 rings (SSSR count). The lowest BCUT2D eigenvalue weighted by Crippen LogP contribution is -3.00. The molecule has 0 bridgehead atoms. The van der Waals surface area contributed by atoms with Crippen LogP contribution in [-0.2, 0) is 13.1 Å². The van der Waals surface area contributed by atoms with Crippen LogP contribution in [0.2, 0.25) is 0 Å². The Kier molecular flexibility index (Phi) is 8.18. The number of rotatable bonds is 8. The number of para-hydroxylation sites is 2. The standard InChI is InChI=1S/C24H32N4O2.ClH/c1-19-9-11-21(12-10-19)30-18-20(29)17-28-23-8-4-3-7-22(23)27(24(28)25)16-15-26-13-5-2-6-14-26;/h3-4,7-12,20,25,29H,2,5-6,13-18H2,1H3;1H/p-1. The van der Waals surface area contributed by atoms with E-state index in [1.807, 2.05) is 54.0 Å². The largest absolute Gasteiger partial charge is 1.00 e. The highest BCUT2D eigenvalue weighted by molar-refractivity contribution is 5.75. The van der Waals surface area contributed by atoms with E-state index in [2.05, 4.69) is 15.5 Å². The number of fused-ring (bicyclic) bond motifs is 1. The van der Waals surface area contributed by atoms with Crippen LogP contribution in [0.25, 0.3) is 11.0 Å². The van der Waals surface area contributed by atoms with Crippen LogP contribution in [0.15, 0.2) is 48.5 Å². The summed E-state index contributed by atoms with van der Waals surface area (Å²) in [6, 6.07) is 15.9. The SMILES string of the molecule is Cc1ccc(OCC(O)Cn2c(=N)n(CCN3CCCCC3)c3ccccc32)cc1.[Cl-]. The molecular weight excluding hydrogens is 412 g/mol. The maximum Gasteiger partial charge on any atom is 0.203 e. The summed E-state index contributed by atoms with van der Waals surface area (Å²) in [5, 5.41) is 19.4. The fraction of sp³-hybridized carbons (Fsp3) is 0.458. The van der Waals surface area contributed by atoms with Gasteiger partial charge in [0.25, 0.3) is 0 Å². The molecule has 1 saturated heterocycles. The molecule has 3 aromatic rings. The van der Waals surface area contributed by atoms with Crippen LogP contribution in [-0.4, -0.2) is 51.5 Å². The van der Waals surface area contributed by atoms with E-state index in [9.17, 15) is 5.11 Å². The van der Waals surface area contributed by atoms with Gasteiger partial charge in [0.15, 0.2) is 0 Å². The molecule has 7 heteroatoms. The Hall–Kier alpha value is -2.28. The van der Waals surface area contributed by atoms with Crippen molar-refractivity contribution in [3.8, 4) is 5.75 Å². The summed E-state index contributed by atoms with van der Waals surface area (Å²) in [4.78, 5) is 2.49. The molecule has 0 radical (unpaired) electrons. The Bertz CT molecular complexity index is 1020. The van der Waals surface area contributed by atoms with Crippen molar-refractivity contribution in [2.75, 3.05) is 26.2 Å². The molecule has 1 unspecified atom stereocenters. The van der Waals surface area contributed by atoms with Gasteiger partial charge in [-0.25, -0.2) is 0 Å². The zero-order valence-corrected chi connectivity index (χ0v) is 18.9. The molecule has 0 aliphatic carbocycles. The highest BCUT2D eigenvalue weighted by Crippen LogP contribution is 2.16. The van der Waals surface area contributed by atoms with Crippen molar-refractivity contribution in [1.82, 2.24) is 14.0 Å². The van der Waals surface area contributed by atoms with Gasteiger partial charge in [-0.1, -0.05) is 36.2 Å². The van der Waals surface area contributed by atoms with Gasteiger partial charge in [-0.2, -0.15) is 0 Å². The number of piperidine rings is 1. The van der Waals surface area contributed by atoms with Crippen molar-refractivity contribution in [2.24, 2.45) is 0 Å². The first-order valence-electron chi connectivity index (χ1n) is 10.9. The summed E-state index contributed by atoms with van der Waals surface area (Å²) >= 11 is 0. The van der Waals surface area contributed by atoms with E-state index >= 15 is 0 Å². The lowest BCUT2D eigenvalue weighted by molar-refractivity contribution is -0.00000844. The average molecular weight is 444 g/mol. The third-order valence-electron chi connectivity index (χ3n) is 5.92. The average Bonchev–Trinajstić information content (AvgIpc) is 3.03. The minimum atomic E-state index is -0.693. The molecule has 2 heterocycles. The van der Waals surface area contributed by atoms with Crippen molar-refractivity contribution in [3.05, 3.63) is 59.7 Å². The molecule has 1 aliphatic rings. The molecule has 1 fully saturated rings. The minimum absolute atomic E-state index is 0. The third kappa shape index (κ3) is 5.70. The Morgan fingerprint density at radius 2 is 1.58 bits per heavy atom. The van der Waals surface area contributed by atoms with Crippen molar-refractivity contribution < 1.29 is 22.3 Å². The summed E-state index contributed by atoms with van der Waals surface area (Å²) in [5.74, 6) is 0.750. The molecule has 31 heavy (non-hydrogen) atoms. The predicted molar refractivity (Wildman–Crippen MR) is 119 cm³/mol. The molecule has 2 aromatic carbocycles. The van der Waals surface area contributed by atoms with Crippen LogP contribution < -0.4 is 22.8 Å². The van der Waals surface area contributed by atoms with Gasteiger partial charge >= 0.3 is 0 Å². The molecule has 1 atom stereocenters. The van der Waals surface area contributed by atoms with Gasteiger partial charge in [0.1, 0.15) is 18.5 Å². The Morgan fingerprint density at radius 1 is 0.935 bits per heavy atom. The third-order valence-corrected chi connectivity index (χ3v) is 5.92. The first kappa shape index (κ1) is 23.4. The van der Waals surface area contributed by atoms with Crippen LogP contribution in [0, 0.1) is 12.3 Å². The Balaban J connectivity index is 0.00000272. The number of halogens is 1. The monoisotopic (exact) mass is 443 g/mol. The molecule has 2 N–H and O–H groups in total. The second-order valence-electron chi connectivity index (χ2n) is 8.25. The number of nitrogens with one attached hydrogen (secondary N) is 1. The van der Waals surface area contributed by atoms with Crippen molar-refractivity contribution in [1.29, 1.82) is 5.41 Å². The molecule has 168 valence electrons. The number of hydrogen-bond donors (Lipinski definition) is 2. The first-order chi connectivity index (χ1) is 14.6. The minimum Gasteiger partial charge on any atom is -1.00 e. The smallest absolute Gasteiger partial charge is 0.203 e. The van der Waals surface area contributed by atoms with Gasteiger partial charge in [0.2, 0.25) is 5.62 Å². The highest BCUT2D eigenvalue weighted by Gasteiger charge is 2.16. The van der Waals surface area contributed by atoms with Gasteiger partial charge in [-0.3, -0.25) is 5.41 Å². The number of likely N-dealkylation sites (tertiary alicyclic amines) is 1. The van der Waals surface area contributed by atoms with Crippen molar-refractivity contribution >= 4 is 11.0 Å². The molecular formula is C24H32ClN4O2-. The lowest BCUT2D eigenvalue weighted by atomic mass is 10.1. The maximum atomic E-state index is 10.6. The van der Waals surface area contributed by atoms with Crippen LogP contribution >= 0.6 is 0 Å². The number of ether oxygens (including phenoxy) is 1. The van der Waals surface area contributed by atoms with E-state index in [4.69, 9.17) is 10.1 Å². The van der Waals surface area contributed by atoms with Gasteiger partial charge < -0.3 is 36.3 Å². The van der Waals surface area contributed by atoms with E-state index in [1.165, 1.54) is 24.8 Å². The van der Waals surface area contributed by atoms with Gasteiger partial charge in [0.05, 0.1) is 17.6 Å². The summed E-state index contributed by atoms with van der Waals surface area (Å²) < 4.78 is 9.71. The first-order valence-corrected chi connectivity index (χ1v) is 10.9. The Morgan fingerprint density at radius 3 is 2.26 bits per heavy atom. The zero-order valence-electron chi connectivity index (χ0n) is 18.1. The molecule has 0 amide bonds. The van der Waals surface area contributed by atoms with E-state index in [0.29, 0.717) is 12.2 Å². The quantitative estimate of drug-likeness (QED) is 0.521. The van der Waals surface area contributed by atoms with Crippen LogP contribution in [0.5, 0.6) is 5.75 Å². The van der Waals surface area contributed by atoms with Crippen LogP contribution in [0.3, 0.4) is 0 Å². The normalized spacial score (nSPS) is 15.5. The topological polar surface area (TPSA) is 66.4 Å². The summed E-state index contributed by atoms with van der Waals surface area (Å²) in [6.07, 6.45) is 3.18. The van der Waals surface area contributed by atoms with Crippen LogP contribution in [0.1, 0.15) is 24.8 Å². The van der Waals surface area contributed by atoms with Crippen molar-refractivity contribution in [3.63, 3.8) is 0 Å². The maximum absolute atomic E-state index is 10.6. The fourth-order valence-corrected chi connectivity index (χ4v) is 4.22. The second kappa shape index (κ2) is 10.8. The van der Waals surface area contributed by atoms with Crippen LogP contribution in [0.4, 0.5) is 0 Å². The molecule has 6 nitrogen and oxygen atoms in total. The molecule has 0 spiro atoms. The van der Waals surface area contributed by atoms with E-state index in [1.54, 1.807) is 0 Å². The van der Waals surface area contributed by atoms with E-state index in [0.717, 1.165) is 43.0 Å². The zero-order chi connectivity index (χ0) is 20.9. The number of imidazole rings is 1. The highest BCUT2D eigenvalue weighted by atomic mass is 35.5. The summed E-state index contributed by atoms with van der Waals surface area (Å²) in [6.45, 7) is 6.63. The number of nitrogens with zero attached hydrogens (tertiary/aromatic N) is 3. The summed E-state index contributed by atoms with van der Waals surface area (Å²) in [7, 11) is 0. The number of benzene rings is 2. The van der Waals surface area contributed by atoms with Gasteiger partial charge in [-0.15, -0.1) is 0 Å². The van der Waals surface area contributed by atoms with E-state index in [-0.39, 0.29) is 19.0 Å². The van der Waals surface area contributed by atoms with Crippen molar-refractivity contribution in [2.45, 2.75) is 45.4 Å². The second-order valence-corrected chi connectivity index (χ2v) is 8.25. The fourth-order valence-electron chi connectivity index (χ4n) is 4.22. The lowest BCUT2D eigenvalue weighted by Gasteiger charge is -2.26. The number of aryl methyl sites for hydroxylation is 1. The molecule has 1 aromatic heterocycles. The predicted octanol–water partition coefficient (Wildman–Crippen LogP) is 0.160.